The molecule has 6 nitrogen and oxygen atoms in total. The number of amides is 1. The van der Waals surface area contributed by atoms with E-state index in [0.29, 0.717) is 18.0 Å². The molecule has 2 N–H and O–H groups in total. The maximum absolute atomic E-state index is 12.3. The molecule has 1 unspecified atom stereocenters. The smallest absolute Gasteiger partial charge is 0.261 e. The van der Waals surface area contributed by atoms with E-state index in [4.69, 9.17) is 4.74 Å². The fourth-order valence-electron chi connectivity index (χ4n) is 2.46. The highest BCUT2D eigenvalue weighted by atomic mass is 79.9. The van der Waals surface area contributed by atoms with E-state index in [2.05, 4.69) is 26.0 Å². The minimum Gasteiger partial charge on any atom is -0.368 e. The van der Waals surface area contributed by atoms with E-state index in [-0.39, 0.29) is 10.8 Å². The molecule has 0 bridgehead atoms. The Hall–Kier alpha value is -1.90. The topological polar surface area (TPSA) is 84.5 Å². The van der Waals surface area contributed by atoms with Crippen LogP contribution in [0.1, 0.15) is 12.8 Å². The summed E-state index contributed by atoms with van der Waals surface area (Å²) in [5.41, 5.74) is 1.00. The molecule has 8 heteroatoms. The van der Waals surface area contributed by atoms with E-state index in [0.717, 1.165) is 17.3 Å². The van der Waals surface area contributed by atoms with Crippen molar-refractivity contribution in [3.63, 3.8) is 0 Å². The third-order valence-electron chi connectivity index (χ3n) is 3.75. The van der Waals surface area contributed by atoms with Crippen molar-refractivity contribution < 1.29 is 17.9 Å². The lowest BCUT2D eigenvalue weighted by Crippen LogP contribution is -2.26. The van der Waals surface area contributed by atoms with Crippen LogP contribution in [-0.2, 0) is 19.6 Å². The molecule has 1 aliphatic rings. The lowest BCUT2D eigenvalue weighted by atomic mass is 10.2. The van der Waals surface area contributed by atoms with Gasteiger partial charge in [0.25, 0.3) is 15.9 Å². The molecule has 132 valence electrons. The first kappa shape index (κ1) is 17.9. The van der Waals surface area contributed by atoms with Gasteiger partial charge in [-0.3, -0.25) is 9.52 Å². The zero-order valence-corrected chi connectivity index (χ0v) is 15.6. The normalized spacial score (nSPS) is 17.2. The van der Waals surface area contributed by atoms with Gasteiger partial charge in [-0.05, 0) is 61.4 Å². The first-order chi connectivity index (χ1) is 11.9. The van der Waals surface area contributed by atoms with E-state index in [1.807, 2.05) is 0 Å². The molecule has 1 aliphatic heterocycles. The van der Waals surface area contributed by atoms with Gasteiger partial charge in [0.2, 0.25) is 0 Å². The molecule has 0 radical (unpaired) electrons. The van der Waals surface area contributed by atoms with Crippen molar-refractivity contribution in [1.82, 2.24) is 0 Å². The highest BCUT2D eigenvalue weighted by molar-refractivity contribution is 9.10. The van der Waals surface area contributed by atoms with E-state index in [1.54, 1.807) is 36.4 Å². The second-order valence-corrected chi connectivity index (χ2v) is 8.23. The van der Waals surface area contributed by atoms with Crippen molar-refractivity contribution in [2.45, 2.75) is 23.8 Å². The van der Waals surface area contributed by atoms with Crippen LogP contribution in [0.5, 0.6) is 0 Å². The summed E-state index contributed by atoms with van der Waals surface area (Å²) in [6.07, 6.45) is 1.20. The Kier molecular flexibility index (Phi) is 5.41. The summed E-state index contributed by atoms with van der Waals surface area (Å²) in [6.45, 7) is 0.606. The van der Waals surface area contributed by atoms with Crippen LogP contribution in [-0.4, -0.2) is 27.0 Å². The van der Waals surface area contributed by atoms with Crippen LogP contribution < -0.4 is 10.0 Å². The predicted octanol–water partition coefficient (Wildman–Crippen LogP) is 3.37. The maximum Gasteiger partial charge on any atom is 0.261 e. The summed E-state index contributed by atoms with van der Waals surface area (Å²) in [5, 5.41) is 2.77. The number of sulfonamides is 1. The van der Waals surface area contributed by atoms with E-state index >= 15 is 0 Å². The van der Waals surface area contributed by atoms with Gasteiger partial charge in [0.05, 0.1) is 4.90 Å². The molecule has 0 spiro atoms. The van der Waals surface area contributed by atoms with Crippen LogP contribution >= 0.6 is 15.9 Å². The molecule has 1 heterocycles. The van der Waals surface area contributed by atoms with Gasteiger partial charge in [0.1, 0.15) is 6.10 Å². The largest absolute Gasteiger partial charge is 0.368 e. The molecule has 2 aromatic rings. The summed E-state index contributed by atoms with van der Waals surface area (Å²) in [4.78, 5) is 12.2. The molecule has 0 aliphatic carbocycles. The Labute approximate surface area is 154 Å². The summed E-state index contributed by atoms with van der Waals surface area (Å²) < 4.78 is 33.3. The number of hydrogen-bond acceptors (Lipinski definition) is 4. The number of nitrogens with one attached hydrogen (secondary N) is 2. The lowest BCUT2D eigenvalue weighted by Gasteiger charge is -2.12. The highest BCUT2D eigenvalue weighted by Crippen LogP contribution is 2.21. The second-order valence-electron chi connectivity index (χ2n) is 5.63. The van der Waals surface area contributed by atoms with E-state index in [9.17, 15) is 13.2 Å². The number of carbonyl (C=O) groups excluding carboxylic acids is 1. The minimum atomic E-state index is -3.66. The molecule has 1 fully saturated rings. The van der Waals surface area contributed by atoms with Crippen molar-refractivity contribution >= 4 is 43.2 Å². The summed E-state index contributed by atoms with van der Waals surface area (Å²) in [6, 6.07) is 12.9. The van der Waals surface area contributed by atoms with Gasteiger partial charge in [-0.15, -0.1) is 0 Å². The van der Waals surface area contributed by atoms with Crippen LogP contribution in [0.15, 0.2) is 57.9 Å². The fraction of sp³-hybridized carbons (Fsp3) is 0.235. The molecular weight excluding hydrogens is 408 g/mol. The molecule has 1 amide bonds. The number of ether oxygens (including phenoxy) is 1. The fourth-order valence-corrected chi connectivity index (χ4v) is 3.78. The number of hydrogen-bond donors (Lipinski definition) is 2. The van der Waals surface area contributed by atoms with Gasteiger partial charge in [0.15, 0.2) is 0 Å². The Balaban J connectivity index is 1.65. The summed E-state index contributed by atoms with van der Waals surface area (Å²) >= 11 is 3.27. The molecule has 1 atom stereocenters. The number of carbonyl (C=O) groups is 1. The van der Waals surface area contributed by atoms with Gasteiger partial charge >= 0.3 is 0 Å². The number of rotatable bonds is 5. The molecule has 25 heavy (non-hydrogen) atoms. The number of benzene rings is 2. The minimum absolute atomic E-state index is 0.173. The quantitative estimate of drug-likeness (QED) is 0.770. The SMILES string of the molecule is O=C(Nc1ccc(NS(=O)(=O)c2ccc(Br)cc2)cc1)C1CCCO1. The third kappa shape index (κ3) is 4.59. The maximum atomic E-state index is 12.3. The first-order valence-electron chi connectivity index (χ1n) is 7.75. The van der Waals surface area contributed by atoms with Crippen LogP contribution in [0.2, 0.25) is 0 Å². The Bertz CT molecular complexity index is 845. The van der Waals surface area contributed by atoms with E-state index in [1.165, 1.54) is 12.1 Å². The van der Waals surface area contributed by atoms with Crippen molar-refractivity contribution in [2.75, 3.05) is 16.6 Å². The Morgan fingerprint density at radius 2 is 1.68 bits per heavy atom. The second kappa shape index (κ2) is 7.55. The van der Waals surface area contributed by atoms with Crippen LogP contribution in [0, 0.1) is 0 Å². The van der Waals surface area contributed by atoms with Crippen molar-refractivity contribution in [3.05, 3.63) is 53.0 Å². The van der Waals surface area contributed by atoms with Gasteiger partial charge in [0, 0.05) is 22.5 Å². The molecule has 2 aromatic carbocycles. The van der Waals surface area contributed by atoms with Crippen molar-refractivity contribution in [3.8, 4) is 0 Å². The number of halogens is 1. The van der Waals surface area contributed by atoms with Gasteiger partial charge in [-0.2, -0.15) is 0 Å². The van der Waals surface area contributed by atoms with Crippen LogP contribution in [0.3, 0.4) is 0 Å². The molecule has 0 saturated carbocycles. The van der Waals surface area contributed by atoms with Gasteiger partial charge in [-0.1, -0.05) is 15.9 Å². The average molecular weight is 425 g/mol. The molecule has 0 aromatic heterocycles. The predicted molar refractivity (Wildman–Crippen MR) is 99.0 cm³/mol. The highest BCUT2D eigenvalue weighted by Gasteiger charge is 2.23. The first-order valence-corrected chi connectivity index (χ1v) is 10.0. The molecule has 1 saturated heterocycles. The molecular formula is C17H17BrN2O4S. The zero-order valence-electron chi connectivity index (χ0n) is 13.2. The zero-order chi connectivity index (χ0) is 17.9. The van der Waals surface area contributed by atoms with E-state index < -0.39 is 16.1 Å². The third-order valence-corrected chi connectivity index (χ3v) is 5.68. The summed E-state index contributed by atoms with van der Waals surface area (Å²) in [7, 11) is -3.66. The van der Waals surface area contributed by atoms with Gasteiger partial charge < -0.3 is 10.1 Å². The Morgan fingerprint density at radius 3 is 2.28 bits per heavy atom. The molecule has 3 rings (SSSR count). The van der Waals surface area contributed by atoms with Gasteiger partial charge in [-0.25, -0.2) is 8.42 Å². The lowest BCUT2D eigenvalue weighted by molar-refractivity contribution is -0.124. The van der Waals surface area contributed by atoms with Crippen molar-refractivity contribution in [2.24, 2.45) is 0 Å². The summed E-state index contributed by atoms with van der Waals surface area (Å²) in [5.74, 6) is -0.180. The Morgan fingerprint density at radius 1 is 1.04 bits per heavy atom. The average Bonchev–Trinajstić information content (AvgIpc) is 3.11. The van der Waals surface area contributed by atoms with Crippen LogP contribution in [0.25, 0.3) is 0 Å². The van der Waals surface area contributed by atoms with Crippen LogP contribution in [0.4, 0.5) is 11.4 Å². The van der Waals surface area contributed by atoms with Crippen molar-refractivity contribution in [1.29, 1.82) is 0 Å². The standard InChI is InChI=1S/C17H17BrN2O4S/c18-12-3-9-15(10-4-12)25(22,23)20-14-7-5-13(6-8-14)19-17(21)16-2-1-11-24-16/h3-10,16,20H,1-2,11H2,(H,19,21). The number of anilines is 2. The monoisotopic (exact) mass is 424 g/mol.